The number of carbonyl (C=O) groups is 2. The van der Waals surface area contributed by atoms with Gasteiger partial charge in [-0.25, -0.2) is 4.79 Å². The summed E-state index contributed by atoms with van der Waals surface area (Å²) < 4.78 is 5.70. The van der Waals surface area contributed by atoms with Crippen molar-refractivity contribution in [2.75, 3.05) is 27.7 Å². The maximum absolute atomic E-state index is 11.6. The highest BCUT2D eigenvalue weighted by Gasteiger charge is 2.21. The zero-order chi connectivity index (χ0) is 15.6. The molecule has 0 aromatic carbocycles. The number of nitrogens with zero attached hydrogens (tertiary/aromatic N) is 1. The van der Waals surface area contributed by atoms with Crippen LogP contribution < -0.4 is 5.11 Å². The SMILES string of the molecule is CCCCC/C=C/C(=O)O[C@H](CC(=O)[O-])C[N+](C)(C)C. The number of aliphatic carboxylic acids is 1. The van der Waals surface area contributed by atoms with Crippen LogP contribution >= 0.6 is 0 Å². The summed E-state index contributed by atoms with van der Waals surface area (Å²) in [5.74, 6) is -1.69. The molecule has 0 spiro atoms. The van der Waals surface area contributed by atoms with E-state index in [2.05, 4.69) is 6.92 Å². The van der Waals surface area contributed by atoms with Crippen molar-refractivity contribution in [3.05, 3.63) is 12.2 Å². The van der Waals surface area contributed by atoms with E-state index in [9.17, 15) is 14.7 Å². The highest BCUT2D eigenvalue weighted by Crippen LogP contribution is 2.06. The number of hydrogen-bond donors (Lipinski definition) is 0. The zero-order valence-corrected chi connectivity index (χ0v) is 13.1. The van der Waals surface area contributed by atoms with Crippen molar-refractivity contribution in [1.82, 2.24) is 0 Å². The van der Waals surface area contributed by atoms with Crippen LogP contribution in [0.5, 0.6) is 0 Å². The molecule has 5 heteroatoms. The molecular formula is C15H27NO4. The molecule has 0 saturated carbocycles. The van der Waals surface area contributed by atoms with Crippen molar-refractivity contribution in [1.29, 1.82) is 0 Å². The van der Waals surface area contributed by atoms with Gasteiger partial charge >= 0.3 is 5.97 Å². The Kier molecular flexibility index (Phi) is 8.88. The van der Waals surface area contributed by atoms with Crippen LogP contribution in [0.1, 0.15) is 39.0 Å². The van der Waals surface area contributed by atoms with E-state index >= 15 is 0 Å². The second-order valence-corrected chi connectivity index (χ2v) is 6.01. The Morgan fingerprint density at radius 2 is 1.90 bits per heavy atom. The number of esters is 1. The number of rotatable bonds is 10. The minimum Gasteiger partial charge on any atom is -0.550 e. The Balaban J connectivity index is 4.27. The van der Waals surface area contributed by atoms with E-state index in [1.807, 2.05) is 21.1 Å². The molecule has 0 rings (SSSR count). The molecule has 20 heavy (non-hydrogen) atoms. The molecule has 1 atom stereocenters. The molecule has 0 amide bonds. The van der Waals surface area contributed by atoms with Crippen molar-refractivity contribution in [2.45, 2.75) is 45.1 Å². The fourth-order valence-electron chi connectivity index (χ4n) is 1.84. The average Bonchev–Trinajstić information content (AvgIpc) is 2.25. The first-order valence-corrected chi connectivity index (χ1v) is 7.12. The number of carboxylic acids is 1. The van der Waals surface area contributed by atoms with Gasteiger partial charge in [0.15, 0.2) is 6.10 Å². The third-order valence-corrected chi connectivity index (χ3v) is 2.66. The lowest BCUT2D eigenvalue weighted by molar-refractivity contribution is -0.873. The van der Waals surface area contributed by atoms with Crippen LogP contribution in [0.15, 0.2) is 12.2 Å². The van der Waals surface area contributed by atoms with Gasteiger partial charge in [0.2, 0.25) is 0 Å². The molecular weight excluding hydrogens is 258 g/mol. The second kappa shape index (κ2) is 9.53. The van der Waals surface area contributed by atoms with Crippen LogP contribution in [-0.4, -0.2) is 50.2 Å². The lowest BCUT2D eigenvalue weighted by atomic mass is 10.2. The fourth-order valence-corrected chi connectivity index (χ4v) is 1.84. The van der Waals surface area contributed by atoms with Crippen molar-refractivity contribution in [2.24, 2.45) is 0 Å². The van der Waals surface area contributed by atoms with Gasteiger partial charge in [0.25, 0.3) is 0 Å². The van der Waals surface area contributed by atoms with Crippen LogP contribution in [0.3, 0.4) is 0 Å². The van der Waals surface area contributed by atoms with Gasteiger partial charge in [0.05, 0.1) is 21.1 Å². The van der Waals surface area contributed by atoms with Crippen molar-refractivity contribution in [3.8, 4) is 0 Å². The van der Waals surface area contributed by atoms with Crippen LogP contribution in [0.4, 0.5) is 0 Å². The molecule has 0 fully saturated rings. The van der Waals surface area contributed by atoms with E-state index in [1.54, 1.807) is 6.08 Å². The molecule has 0 aromatic rings. The summed E-state index contributed by atoms with van der Waals surface area (Å²) in [5.41, 5.74) is 0. The topological polar surface area (TPSA) is 66.4 Å². The minimum absolute atomic E-state index is 0.273. The highest BCUT2D eigenvalue weighted by atomic mass is 16.5. The summed E-state index contributed by atoms with van der Waals surface area (Å²) in [5, 5.41) is 10.7. The van der Waals surface area contributed by atoms with E-state index in [-0.39, 0.29) is 6.42 Å². The summed E-state index contributed by atoms with van der Waals surface area (Å²) in [6, 6.07) is 0. The molecule has 0 aliphatic rings. The summed E-state index contributed by atoms with van der Waals surface area (Å²) in [6.07, 6.45) is 6.38. The Morgan fingerprint density at radius 1 is 1.25 bits per heavy atom. The van der Waals surface area contributed by atoms with Crippen molar-refractivity contribution < 1.29 is 23.9 Å². The van der Waals surface area contributed by atoms with E-state index in [0.717, 1.165) is 25.7 Å². The quantitative estimate of drug-likeness (QED) is 0.259. The van der Waals surface area contributed by atoms with Crippen LogP contribution in [0, 0.1) is 0 Å². The maximum atomic E-state index is 11.6. The van der Waals surface area contributed by atoms with Crippen LogP contribution in [0.2, 0.25) is 0 Å². The van der Waals surface area contributed by atoms with Crippen LogP contribution in [0.25, 0.3) is 0 Å². The average molecular weight is 285 g/mol. The molecule has 116 valence electrons. The van der Waals surface area contributed by atoms with Gasteiger partial charge in [-0.1, -0.05) is 25.8 Å². The van der Waals surface area contributed by atoms with Crippen molar-refractivity contribution >= 4 is 11.9 Å². The van der Waals surface area contributed by atoms with Gasteiger partial charge in [0.1, 0.15) is 6.54 Å². The number of carbonyl (C=O) groups excluding carboxylic acids is 2. The van der Waals surface area contributed by atoms with Crippen molar-refractivity contribution in [3.63, 3.8) is 0 Å². The Labute approximate surface area is 121 Å². The third kappa shape index (κ3) is 11.7. The summed E-state index contributed by atoms with van der Waals surface area (Å²) in [6.45, 7) is 2.55. The highest BCUT2D eigenvalue weighted by molar-refractivity contribution is 5.82. The summed E-state index contributed by atoms with van der Waals surface area (Å²) in [7, 11) is 5.74. The minimum atomic E-state index is -1.21. The van der Waals surface area contributed by atoms with Gasteiger partial charge in [-0.05, 0) is 12.8 Å². The number of hydrogen-bond acceptors (Lipinski definition) is 4. The Hall–Kier alpha value is -1.36. The standard InChI is InChI=1S/C15H27NO4/c1-5-6-7-8-9-10-15(19)20-13(11-14(17)18)12-16(2,3)4/h9-10,13H,5-8,11-12H2,1-4H3/b10-9+/t13-/m1/s1. The third-order valence-electron chi connectivity index (χ3n) is 2.66. The summed E-state index contributed by atoms with van der Waals surface area (Å²) >= 11 is 0. The number of likely N-dealkylation sites (N-methyl/N-ethyl adjacent to an activating group) is 1. The first kappa shape index (κ1) is 18.6. The first-order chi connectivity index (χ1) is 9.24. The van der Waals surface area contributed by atoms with E-state index < -0.39 is 18.0 Å². The van der Waals surface area contributed by atoms with Gasteiger partial charge < -0.3 is 19.1 Å². The van der Waals surface area contributed by atoms with Gasteiger partial charge in [0, 0.05) is 18.5 Å². The van der Waals surface area contributed by atoms with Gasteiger partial charge in [-0.2, -0.15) is 0 Å². The zero-order valence-electron chi connectivity index (χ0n) is 13.1. The molecule has 0 aliphatic heterocycles. The fraction of sp³-hybridized carbons (Fsp3) is 0.733. The molecule has 0 saturated heterocycles. The normalized spacial score (nSPS) is 13.4. The molecule has 0 N–H and O–H groups in total. The molecule has 0 bridgehead atoms. The van der Waals surface area contributed by atoms with Gasteiger partial charge in [-0.15, -0.1) is 0 Å². The van der Waals surface area contributed by atoms with E-state index in [1.165, 1.54) is 6.08 Å². The molecule has 0 aromatic heterocycles. The first-order valence-electron chi connectivity index (χ1n) is 7.12. The largest absolute Gasteiger partial charge is 0.550 e. The monoisotopic (exact) mass is 285 g/mol. The molecule has 0 radical (unpaired) electrons. The lowest BCUT2D eigenvalue weighted by Crippen LogP contribution is -2.45. The molecule has 0 unspecified atom stereocenters. The van der Waals surface area contributed by atoms with E-state index in [0.29, 0.717) is 11.0 Å². The number of carboxylic acid groups (broad SMARTS) is 1. The molecule has 5 nitrogen and oxygen atoms in total. The smallest absolute Gasteiger partial charge is 0.330 e. The Morgan fingerprint density at radius 3 is 2.40 bits per heavy atom. The number of quaternary nitrogens is 1. The lowest BCUT2D eigenvalue weighted by Gasteiger charge is -2.29. The van der Waals surface area contributed by atoms with Crippen LogP contribution in [-0.2, 0) is 14.3 Å². The Bertz CT molecular complexity index is 331. The van der Waals surface area contributed by atoms with E-state index in [4.69, 9.17) is 4.74 Å². The predicted molar refractivity (Wildman–Crippen MR) is 75.7 cm³/mol. The van der Waals surface area contributed by atoms with Gasteiger partial charge in [-0.3, -0.25) is 0 Å². The predicted octanol–water partition coefficient (Wildman–Crippen LogP) is 0.881. The number of unbranched alkanes of at least 4 members (excludes halogenated alkanes) is 3. The molecule has 0 heterocycles. The number of ether oxygens (including phenoxy) is 1. The molecule has 0 aliphatic carbocycles. The maximum Gasteiger partial charge on any atom is 0.330 e. The second-order valence-electron chi connectivity index (χ2n) is 6.01. The summed E-state index contributed by atoms with van der Waals surface area (Å²) in [4.78, 5) is 22.3. The number of allylic oxidation sites excluding steroid dienone is 1.